The van der Waals surface area contributed by atoms with Crippen molar-refractivity contribution in [3.63, 3.8) is 0 Å². The Balaban J connectivity index is 1.54. The number of nitrogens with one attached hydrogen (secondary N) is 1. The summed E-state index contributed by atoms with van der Waals surface area (Å²) in [7, 11) is -3.42. The number of aromatic carboxylic acids is 1. The Bertz CT molecular complexity index is 977. The van der Waals surface area contributed by atoms with Crippen molar-refractivity contribution in [3.05, 3.63) is 65.2 Å². The predicted octanol–water partition coefficient (Wildman–Crippen LogP) is 2.87. The molecule has 2 N–H and O–H groups in total. The van der Waals surface area contributed by atoms with Gasteiger partial charge in [-0.05, 0) is 49.6 Å². The van der Waals surface area contributed by atoms with Crippen LogP contribution in [0.25, 0.3) is 0 Å². The number of nitrogens with zero attached hydrogens (tertiary/aromatic N) is 1. The third-order valence-corrected chi connectivity index (χ3v) is 6.94. The number of hydrogen-bond acceptors (Lipinski definition) is 4. The van der Waals surface area contributed by atoms with Crippen molar-refractivity contribution in [2.45, 2.75) is 25.5 Å². The van der Waals surface area contributed by atoms with E-state index in [1.807, 2.05) is 31.2 Å². The van der Waals surface area contributed by atoms with Gasteiger partial charge in [0.25, 0.3) is 0 Å². The number of piperidine rings is 1. The first kappa shape index (κ1) is 21.0. The molecule has 2 aromatic rings. The van der Waals surface area contributed by atoms with Crippen molar-refractivity contribution in [1.29, 1.82) is 0 Å². The van der Waals surface area contributed by atoms with Gasteiger partial charge in [-0.15, -0.1) is 0 Å². The minimum Gasteiger partial charge on any atom is -0.478 e. The van der Waals surface area contributed by atoms with Crippen molar-refractivity contribution in [2.24, 2.45) is 5.92 Å². The molecule has 0 aliphatic carbocycles. The van der Waals surface area contributed by atoms with Gasteiger partial charge in [0, 0.05) is 24.7 Å². The average Bonchev–Trinajstić information content (AvgIpc) is 2.70. The normalized spacial score (nSPS) is 15.8. The summed E-state index contributed by atoms with van der Waals surface area (Å²) in [5.74, 6) is -1.52. The minimum absolute atomic E-state index is 0.0416. The highest BCUT2D eigenvalue weighted by Gasteiger charge is 2.31. The number of carbonyl (C=O) groups excluding carboxylic acids is 1. The molecule has 1 amide bonds. The zero-order valence-corrected chi connectivity index (χ0v) is 17.0. The molecule has 154 valence electrons. The van der Waals surface area contributed by atoms with Crippen LogP contribution in [0.1, 0.15) is 34.3 Å². The van der Waals surface area contributed by atoms with E-state index in [0.29, 0.717) is 31.6 Å². The molecule has 0 saturated carbocycles. The minimum atomic E-state index is -3.42. The highest BCUT2D eigenvalue weighted by atomic mass is 32.2. The van der Waals surface area contributed by atoms with Gasteiger partial charge in [-0.1, -0.05) is 29.8 Å². The summed E-state index contributed by atoms with van der Waals surface area (Å²) in [6, 6.07) is 13.4. The number of hydrogen-bond donors (Lipinski definition) is 2. The van der Waals surface area contributed by atoms with Gasteiger partial charge >= 0.3 is 5.97 Å². The SMILES string of the molecule is Cc1ccc(CS(=O)(=O)N2CCC(C(=O)Nc3ccc(C(=O)O)cc3)CC2)cc1. The van der Waals surface area contributed by atoms with E-state index in [4.69, 9.17) is 5.11 Å². The molecule has 2 aromatic carbocycles. The summed E-state index contributed by atoms with van der Waals surface area (Å²) >= 11 is 0. The van der Waals surface area contributed by atoms with Crippen LogP contribution in [0.2, 0.25) is 0 Å². The summed E-state index contributed by atoms with van der Waals surface area (Å²) in [6.45, 7) is 2.57. The maximum atomic E-state index is 12.7. The first-order valence-corrected chi connectivity index (χ1v) is 11.0. The van der Waals surface area contributed by atoms with Gasteiger partial charge in [-0.2, -0.15) is 0 Å². The van der Waals surface area contributed by atoms with Crippen LogP contribution >= 0.6 is 0 Å². The van der Waals surface area contributed by atoms with Gasteiger partial charge < -0.3 is 10.4 Å². The summed E-state index contributed by atoms with van der Waals surface area (Å²) in [4.78, 5) is 23.4. The lowest BCUT2D eigenvalue weighted by atomic mass is 9.97. The van der Waals surface area contributed by atoms with Crippen molar-refractivity contribution in [1.82, 2.24) is 4.31 Å². The third kappa shape index (κ3) is 5.42. The van der Waals surface area contributed by atoms with Gasteiger partial charge in [0.2, 0.25) is 15.9 Å². The third-order valence-electron chi connectivity index (χ3n) is 5.09. The number of carboxylic acids is 1. The maximum absolute atomic E-state index is 12.7. The van der Waals surface area contributed by atoms with E-state index >= 15 is 0 Å². The molecule has 0 atom stereocenters. The predicted molar refractivity (Wildman–Crippen MR) is 110 cm³/mol. The molecule has 1 aliphatic heterocycles. The Kier molecular flexibility index (Phi) is 6.34. The Morgan fingerprint density at radius 3 is 2.17 bits per heavy atom. The molecule has 8 heteroatoms. The first-order chi connectivity index (χ1) is 13.7. The summed E-state index contributed by atoms with van der Waals surface area (Å²) in [6.07, 6.45) is 0.901. The van der Waals surface area contributed by atoms with Gasteiger partial charge in [0.1, 0.15) is 0 Å². The lowest BCUT2D eigenvalue weighted by Gasteiger charge is -2.30. The van der Waals surface area contributed by atoms with Crippen molar-refractivity contribution < 1.29 is 23.1 Å². The molecule has 29 heavy (non-hydrogen) atoms. The van der Waals surface area contributed by atoms with Crippen LogP contribution in [0.3, 0.4) is 0 Å². The number of benzene rings is 2. The molecule has 0 bridgehead atoms. The summed E-state index contributed by atoms with van der Waals surface area (Å²) in [5, 5.41) is 11.7. The van der Waals surface area contributed by atoms with Crippen molar-refractivity contribution in [2.75, 3.05) is 18.4 Å². The van der Waals surface area contributed by atoms with Crippen LogP contribution in [0.5, 0.6) is 0 Å². The quantitative estimate of drug-likeness (QED) is 0.754. The standard InChI is InChI=1S/C21H24N2O5S/c1-15-2-4-16(5-3-15)14-29(27,28)23-12-10-17(11-13-23)20(24)22-19-8-6-18(7-9-19)21(25)26/h2-9,17H,10-14H2,1H3,(H,22,24)(H,25,26). The number of carboxylic acid groups (broad SMARTS) is 1. The van der Waals surface area contributed by atoms with E-state index < -0.39 is 16.0 Å². The number of anilines is 1. The Morgan fingerprint density at radius 2 is 1.62 bits per heavy atom. The molecule has 0 radical (unpaired) electrons. The summed E-state index contributed by atoms with van der Waals surface area (Å²) < 4.78 is 26.8. The number of aryl methyl sites for hydroxylation is 1. The Morgan fingerprint density at radius 1 is 1.03 bits per heavy atom. The number of amides is 1. The van der Waals surface area contributed by atoms with E-state index in [2.05, 4.69) is 5.32 Å². The molecule has 7 nitrogen and oxygen atoms in total. The number of rotatable bonds is 6. The molecule has 1 heterocycles. The number of sulfonamides is 1. The molecule has 1 fully saturated rings. The monoisotopic (exact) mass is 416 g/mol. The van der Waals surface area contributed by atoms with Gasteiger partial charge in [0.15, 0.2) is 0 Å². The van der Waals surface area contributed by atoms with E-state index in [-0.39, 0.29) is 23.1 Å². The second-order valence-corrected chi connectivity index (χ2v) is 9.26. The maximum Gasteiger partial charge on any atom is 0.335 e. The van der Waals surface area contributed by atoms with Crippen LogP contribution in [0.15, 0.2) is 48.5 Å². The molecule has 0 unspecified atom stereocenters. The Labute approximate surface area is 170 Å². The topological polar surface area (TPSA) is 104 Å². The highest BCUT2D eigenvalue weighted by Crippen LogP contribution is 2.23. The van der Waals surface area contributed by atoms with E-state index in [1.54, 1.807) is 12.1 Å². The molecular formula is C21H24N2O5S. The fourth-order valence-electron chi connectivity index (χ4n) is 3.32. The van der Waals surface area contributed by atoms with Gasteiger partial charge in [-0.3, -0.25) is 4.79 Å². The van der Waals surface area contributed by atoms with Crippen LogP contribution in [0, 0.1) is 12.8 Å². The van der Waals surface area contributed by atoms with Crippen molar-refractivity contribution >= 4 is 27.6 Å². The van der Waals surface area contributed by atoms with Gasteiger partial charge in [-0.25, -0.2) is 17.5 Å². The molecular weight excluding hydrogens is 392 g/mol. The average molecular weight is 416 g/mol. The highest BCUT2D eigenvalue weighted by molar-refractivity contribution is 7.88. The van der Waals surface area contributed by atoms with E-state index in [0.717, 1.165) is 11.1 Å². The van der Waals surface area contributed by atoms with Crippen LogP contribution < -0.4 is 5.32 Å². The van der Waals surface area contributed by atoms with Crippen LogP contribution in [0.4, 0.5) is 5.69 Å². The smallest absolute Gasteiger partial charge is 0.335 e. The molecule has 3 rings (SSSR count). The largest absolute Gasteiger partial charge is 0.478 e. The number of carbonyl (C=O) groups is 2. The van der Waals surface area contributed by atoms with Crippen LogP contribution in [-0.2, 0) is 20.6 Å². The lowest BCUT2D eigenvalue weighted by Crippen LogP contribution is -2.41. The molecule has 1 saturated heterocycles. The fourth-order valence-corrected chi connectivity index (χ4v) is 4.89. The first-order valence-electron chi connectivity index (χ1n) is 9.42. The lowest BCUT2D eigenvalue weighted by molar-refractivity contribution is -0.120. The summed E-state index contributed by atoms with van der Waals surface area (Å²) in [5.41, 5.74) is 2.50. The molecule has 0 aromatic heterocycles. The second kappa shape index (κ2) is 8.75. The van der Waals surface area contributed by atoms with E-state index in [1.165, 1.54) is 16.4 Å². The second-order valence-electron chi connectivity index (χ2n) is 7.29. The Hall–Kier alpha value is -2.71. The molecule has 0 spiro atoms. The van der Waals surface area contributed by atoms with E-state index in [9.17, 15) is 18.0 Å². The van der Waals surface area contributed by atoms with Crippen LogP contribution in [-0.4, -0.2) is 42.8 Å². The fraction of sp³-hybridized carbons (Fsp3) is 0.333. The zero-order chi connectivity index (χ0) is 21.0. The zero-order valence-electron chi connectivity index (χ0n) is 16.2. The van der Waals surface area contributed by atoms with Gasteiger partial charge in [0.05, 0.1) is 11.3 Å². The van der Waals surface area contributed by atoms with Crippen molar-refractivity contribution in [3.8, 4) is 0 Å². The molecule has 1 aliphatic rings.